The average molecular weight is 231 g/mol. The van der Waals surface area contributed by atoms with Crippen LogP contribution in [0.15, 0.2) is 18.2 Å². The van der Waals surface area contributed by atoms with Gasteiger partial charge in [0.1, 0.15) is 6.10 Å². The van der Waals surface area contributed by atoms with Gasteiger partial charge in [-0.05, 0) is 30.2 Å². The Morgan fingerprint density at radius 3 is 2.40 bits per heavy atom. The predicted octanol–water partition coefficient (Wildman–Crippen LogP) is 1.13. The van der Waals surface area contributed by atoms with Crippen molar-refractivity contribution in [3.63, 3.8) is 0 Å². The first-order valence-electron chi connectivity index (χ1n) is 4.28. The molecule has 1 aromatic rings. The topological polar surface area (TPSA) is 77.8 Å². The van der Waals surface area contributed by atoms with Crippen LogP contribution in [0.25, 0.3) is 0 Å². The molecule has 5 heteroatoms. The lowest BCUT2D eigenvalue weighted by molar-refractivity contribution is -0.153. The van der Waals surface area contributed by atoms with Gasteiger partial charge in [-0.15, -0.1) is 0 Å². The zero-order valence-corrected chi connectivity index (χ0v) is 8.77. The highest BCUT2D eigenvalue weighted by molar-refractivity contribution is 6.30. The number of carbonyl (C=O) groups is 1. The summed E-state index contributed by atoms with van der Waals surface area (Å²) < 4.78 is 0. The summed E-state index contributed by atoms with van der Waals surface area (Å²) in [5, 5.41) is 27.6. The van der Waals surface area contributed by atoms with Crippen molar-refractivity contribution in [2.75, 3.05) is 0 Å². The van der Waals surface area contributed by atoms with Crippen molar-refractivity contribution in [2.45, 2.75) is 19.1 Å². The molecule has 0 heterocycles. The molecule has 82 valence electrons. The summed E-state index contributed by atoms with van der Waals surface area (Å²) in [6.45, 7) is 1.76. The van der Waals surface area contributed by atoms with Gasteiger partial charge in [-0.25, -0.2) is 4.79 Å². The van der Waals surface area contributed by atoms with Crippen molar-refractivity contribution >= 4 is 17.6 Å². The Balaban J connectivity index is 3.00. The molecule has 1 rings (SSSR count). The maximum Gasteiger partial charge on any atom is 0.335 e. The smallest absolute Gasteiger partial charge is 0.335 e. The van der Waals surface area contributed by atoms with Gasteiger partial charge in [0.2, 0.25) is 0 Å². The third-order valence-corrected chi connectivity index (χ3v) is 2.18. The minimum Gasteiger partial charge on any atom is -0.479 e. The van der Waals surface area contributed by atoms with Crippen LogP contribution in [0.3, 0.4) is 0 Å². The lowest BCUT2D eigenvalue weighted by Gasteiger charge is -2.15. The first-order valence-corrected chi connectivity index (χ1v) is 4.65. The molecule has 0 saturated carbocycles. The van der Waals surface area contributed by atoms with Gasteiger partial charge in [-0.1, -0.05) is 17.7 Å². The van der Waals surface area contributed by atoms with Gasteiger partial charge >= 0.3 is 5.97 Å². The van der Waals surface area contributed by atoms with E-state index in [-0.39, 0.29) is 5.56 Å². The Hall–Kier alpha value is -1.10. The Bertz CT molecular complexity index is 357. The largest absolute Gasteiger partial charge is 0.479 e. The summed E-state index contributed by atoms with van der Waals surface area (Å²) >= 11 is 5.74. The normalized spacial score (nSPS) is 14.7. The van der Waals surface area contributed by atoms with Crippen LogP contribution in [0.5, 0.6) is 0 Å². The molecule has 15 heavy (non-hydrogen) atoms. The fourth-order valence-electron chi connectivity index (χ4n) is 1.25. The molecule has 1 aromatic carbocycles. The molecule has 0 aliphatic carbocycles. The lowest BCUT2D eigenvalue weighted by Crippen LogP contribution is -2.27. The SMILES string of the molecule is Cc1cc(Cl)cc(C(O)C(O)C(=O)O)c1. The molecule has 0 saturated heterocycles. The monoisotopic (exact) mass is 230 g/mol. The van der Waals surface area contributed by atoms with Crippen LogP contribution in [0.2, 0.25) is 5.02 Å². The third kappa shape index (κ3) is 2.92. The van der Waals surface area contributed by atoms with E-state index in [1.165, 1.54) is 6.07 Å². The minimum atomic E-state index is -1.84. The minimum absolute atomic E-state index is 0.287. The zero-order chi connectivity index (χ0) is 11.6. The van der Waals surface area contributed by atoms with Crippen LogP contribution >= 0.6 is 11.6 Å². The van der Waals surface area contributed by atoms with Gasteiger partial charge in [-0.3, -0.25) is 0 Å². The van der Waals surface area contributed by atoms with Crippen LogP contribution in [-0.4, -0.2) is 27.4 Å². The second-order valence-electron chi connectivity index (χ2n) is 3.29. The fourth-order valence-corrected chi connectivity index (χ4v) is 1.55. The molecule has 4 nitrogen and oxygen atoms in total. The first-order chi connectivity index (χ1) is 6.91. The van der Waals surface area contributed by atoms with Crippen LogP contribution in [-0.2, 0) is 4.79 Å². The van der Waals surface area contributed by atoms with E-state index in [9.17, 15) is 9.90 Å². The van der Waals surface area contributed by atoms with Gasteiger partial charge in [0.15, 0.2) is 6.10 Å². The summed E-state index contributed by atoms with van der Waals surface area (Å²) in [4.78, 5) is 10.4. The van der Waals surface area contributed by atoms with Gasteiger partial charge in [0.05, 0.1) is 0 Å². The molecule has 2 atom stereocenters. The molecule has 2 unspecified atom stereocenters. The molecule has 0 aliphatic heterocycles. The summed E-state index contributed by atoms with van der Waals surface area (Å²) in [5.41, 5.74) is 1.07. The van der Waals surface area contributed by atoms with E-state index in [2.05, 4.69) is 0 Å². The molecule has 0 fully saturated rings. The maximum absolute atomic E-state index is 10.4. The van der Waals surface area contributed by atoms with Crippen molar-refractivity contribution in [3.8, 4) is 0 Å². The molecule has 0 radical (unpaired) electrons. The average Bonchev–Trinajstić information content (AvgIpc) is 2.13. The number of aliphatic carboxylic acids is 1. The second kappa shape index (κ2) is 4.61. The lowest BCUT2D eigenvalue weighted by atomic mass is 10.0. The third-order valence-electron chi connectivity index (χ3n) is 1.96. The maximum atomic E-state index is 10.4. The van der Waals surface area contributed by atoms with E-state index >= 15 is 0 Å². The van der Waals surface area contributed by atoms with Crippen LogP contribution in [0.1, 0.15) is 17.2 Å². The van der Waals surface area contributed by atoms with E-state index in [0.717, 1.165) is 5.56 Å². The Morgan fingerprint density at radius 2 is 1.93 bits per heavy atom. The highest BCUT2D eigenvalue weighted by Gasteiger charge is 2.25. The number of aryl methyl sites for hydroxylation is 1. The molecular formula is C10H11ClO4. The number of halogens is 1. The predicted molar refractivity (Wildman–Crippen MR) is 54.8 cm³/mol. The van der Waals surface area contributed by atoms with Crippen LogP contribution in [0, 0.1) is 6.92 Å². The summed E-state index contributed by atoms with van der Waals surface area (Å²) in [6, 6.07) is 4.67. The van der Waals surface area contributed by atoms with E-state index in [4.69, 9.17) is 21.8 Å². The molecule has 0 aromatic heterocycles. The van der Waals surface area contributed by atoms with Crippen LogP contribution < -0.4 is 0 Å². The standard InChI is InChI=1S/C10H11ClO4/c1-5-2-6(4-7(11)3-5)8(12)9(13)10(14)15/h2-4,8-9,12-13H,1H3,(H,14,15). The second-order valence-corrected chi connectivity index (χ2v) is 3.73. The van der Waals surface area contributed by atoms with E-state index in [0.29, 0.717) is 5.02 Å². The van der Waals surface area contributed by atoms with Crippen molar-refractivity contribution < 1.29 is 20.1 Å². The van der Waals surface area contributed by atoms with Crippen molar-refractivity contribution in [1.29, 1.82) is 0 Å². The summed E-state index contributed by atoms with van der Waals surface area (Å²) in [5.74, 6) is -1.47. The molecule has 0 aliphatic rings. The van der Waals surface area contributed by atoms with Gasteiger partial charge in [0.25, 0.3) is 0 Å². The number of rotatable bonds is 3. The molecule has 3 N–H and O–H groups in total. The first kappa shape index (κ1) is 12.0. The van der Waals surface area contributed by atoms with Crippen molar-refractivity contribution in [1.82, 2.24) is 0 Å². The summed E-state index contributed by atoms with van der Waals surface area (Å²) in [7, 11) is 0. The number of carboxylic acids is 1. The van der Waals surface area contributed by atoms with Gasteiger partial charge in [-0.2, -0.15) is 0 Å². The Labute approximate surface area is 91.7 Å². The van der Waals surface area contributed by atoms with E-state index in [1.807, 2.05) is 0 Å². The molecule has 0 amide bonds. The number of aliphatic hydroxyl groups excluding tert-OH is 2. The number of carboxylic acid groups (broad SMARTS) is 1. The molecular weight excluding hydrogens is 220 g/mol. The van der Waals surface area contributed by atoms with Gasteiger partial charge in [0, 0.05) is 5.02 Å². The van der Waals surface area contributed by atoms with Crippen LogP contribution in [0.4, 0.5) is 0 Å². The zero-order valence-electron chi connectivity index (χ0n) is 8.01. The quantitative estimate of drug-likeness (QED) is 0.727. The number of hydrogen-bond donors (Lipinski definition) is 3. The number of benzene rings is 1. The van der Waals surface area contributed by atoms with E-state index < -0.39 is 18.2 Å². The van der Waals surface area contributed by atoms with Gasteiger partial charge < -0.3 is 15.3 Å². The Morgan fingerprint density at radius 1 is 1.33 bits per heavy atom. The molecule has 0 bridgehead atoms. The van der Waals surface area contributed by atoms with Crippen molar-refractivity contribution in [2.24, 2.45) is 0 Å². The van der Waals surface area contributed by atoms with E-state index in [1.54, 1.807) is 19.1 Å². The fraction of sp³-hybridized carbons (Fsp3) is 0.300. The molecule has 0 spiro atoms. The number of aliphatic hydroxyl groups is 2. The highest BCUT2D eigenvalue weighted by Crippen LogP contribution is 2.22. The summed E-state index contributed by atoms with van der Waals surface area (Å²) in [6.07, 6.45) is -3.32. The highest BCUT2D eigenvalue weighted by atomic mass is 35.5. The number of hydrogen-bond acceptors (Lipinski definition) is 3. The Kier molecular flexibility index (Phi) is 3.68. The van der Waals surface area contributed by atoms with Crippen molar-refractivity contribution in [3.05, 3.63) is 34.3 Å².